The van der Waals surface area contributed by atoms with Gasteiger partial charge in [0.05, 0.1) is 31.5 Å². The van der Waals surface area contributed by atoms with Crippen LogP contribution >= 0.6 is 0 Å². The maximum atomic E-state index is 12.7. The minimum Gasteiger partial charge on any atom is -0.389 e. The van der Waals surface area contributed by atoms with Crippen LogP contribution in [0.25, 0.3) is 10.8 Å². The number of nitrogens with one attached hydrogen (secondary N) is 1. The van der Waals surface area contributed by atoms with Gasteiger partial charge in [-0.15, -0.1) is 0 Å². The van der Waals surface area contributed by atoms with Gasteiger partial charge in [-0.1, -0.05) is 97.1 Å². The molecule has 0 aliphatic carbocycles. The van der Waals surface area contributed by atoms with Crippen molar-refractivity contribution in [3.05, 3.63) is 119 Å². The van der Waals surface area contributed by atoms with E-state index in [-0.39, 0.29) is 32.8 Å². The first-order valence-corrected chi connectivity index (χ1v) is 21.7. The number of nitrogens with two attached hydrogens (primary N) is 2. The Labute approximate surface area is 363 Å². The van der Waals surface area contributed by atoms with Crippen LogP contribution in [0.5, 0.6) is 0 Å². The number of rotatable bonds is 23. The van der Waals surface area contributed by atoms with Crippen LogP contribution in [0.15, 0.2) is 97.1 Å². The number of aryl methyl sites for hydroxylation is 2. The number of nitrogens with zero attached hydrogens (tertiary/aromatic N) is 1. The number of aliphatic hydroxyl groups excluding tert-OH is 6. The van der Waals surface area contributed by atoms with E-state index in [4.69, 9.17) is 30.4 Å². The summed E-state index contributed by atoms with van der Waals surface area (Å²) in [4.78, 5) is 14.3. The zero-order valence-corrected chi connectivity index (χ0v) is 35.1. The van der Waals surface area contributed by atoms with E-state index in [1.54, 1.807) is 29.2 Å². The molecule has 4 aromatic rings. The highest BCUT2D eigenvalue weighted by molar-refractivity contribution is 5.89. The third kappa shape index (κ3) is 12.9. The lowest BCUT2D eigenvalue weighted by molar-refractivity contribution is -0.285. The van der Waals surface area contributed by atoms with Crippen molar-refractivity contribution in [1.29, 1.82) is 0 Å². The monoisotopic (exact) mass is 860 g/mol. The number of primary amides is 1. The van der Waals surface area contributed by atoms with Crippen LogP contribution in [0.3, 0.4) is 0 Å². The van der Waals surface area contributed by atoms with Crippen LogP contribution in [-0.2, 0) is 36.6 Å². The Bertz CT molecular complexity index is 1870. The first-order chi connectivity index (χ1) is 30.0. The van der Waals surface area contributed by atoms with Gasteiger partial charge in [0.2, 0.25) is 5.91 Å². The van der Waals surface area contributed by atoms with E-state index >= 15 is 0 Å². The summed E-state index contributed by atoms with van der Waals surface area (Å²) in [7, 11) is 0. The molecule has 62 heavy (non-hydrogen) atoms. The van der Waals surface area contributed by atoms with Crippen molar-refractivity contribution in [3.8, 4) is 0 Å². The number of benzene rings is 4. The highest BCUT2D eigenvalue weighted by Gasteiger charge is 2.42. The normalized spacial score (nSPS) is 24.4. The van der Waals surface area contributed by atoms with Gasteiger partial charge in [0.15, 0.2) is 12.6 Å². The SMILES string of the molecule is NCCCCc1ccc(CC[C@H](NCCCN(C[C@H](O)[C@@H](O)[C@@H]2OC(c3ccccc3)OC[C@H]2O)C[C@H](O)[C@@H](O)[C@@H]2OC(c3ccccc3)OC[C@H]2O)C(N)=O)c2ccccc12. The van der Waals surface area contributed by atoms with E-state index in [9.17, 15) is 35.4 Å². The molecule has 15 nitrogen and oxygen atoms in total. The zero-order valence-electron chi connectivity index (χ0n) is 35.1. The standard InChI is InChI=1S/C47H64N4O11/c48-23-10-9-12-30-19-20-31(35-18-8-7-17-34(30)35)21-22-36(45(49)58)50-24-11-25-51(26-37(52)41(56)43-39(54)28-59-46(61-43)32-13-3-1-4-14-32)27-38(53)42(57)44-40(55)29-60-47(62-44)33-15-5-2-6-16-33/h1-8,13-20,36-44,46-47,50,52-57H,9-12,21-29,48H2,(H2,49,58)/t36-,37-,38-,39+,40+,41+,42+,43+,44+,46?,47?/m0/s1. The van der Waals surface area contributed by atoms with Gasteiger partial charge in [0, 0.05) is 24.2 Å². The van der Waals surface area contributed by atoms with Crippen molar-refractivity contribution in [2.24, 2.45) is 11.5 Å². The average Bonchev–Trinajstić information content (AvgIpc) is 3.29. The van der Waals surface area contributed by atoms with Crippen molar-refractivity contribution >= 4 is 16.7 Å². The number of fused-ring (bicyclic) bond motifs is 1. The Morgan fingerprint density at radius 1 is 0.677 bits per heavy atom. The fraction of sp³-hybridized carbons (Fsp3) is 0.511. The molecule has 4 aromatic carbocycles. The third-order valence-electron chi connectivity index (χ3n) is 11.7. The molecule has 11 N–H and O–H groups in total. The molecule has 2 aliphatic heterocycles. The number of carbonyl (C=O) groups is 1. The fourth-order valence-corrected chi connectivity index (χ4v) is 8.28. The number of amides is 1. The summed E-state index contributed by atoms with van der Waals surface area (Å²) in [6.07, 6.45) is -8.33. The van der Waals surface area contributed by atoms with Gasteiger partial charge < -0.3 is 66.4 Å². The lowest BCUT2D eigenvalue weighted by Gasteiger charge is -2.40. The highest BCUT2D eigenvalue weighted by atomic mass is 16.7. The van der Waals surface area contributed by atoms with Crippen LogP contribution in [0.1, 0.15) is 60.5 Å². The summed E-state index contributed by atoms with van der Waals surface area (Å²) >= 11 is 0. The lowest BCUT2D eigenvalue weighted by Crippen LogP contribution is -2.56. The van der Waals surface area contributed by atoms with Crippen LogP contribution in [-0.4, -0.2) is 142 Å². The van der Waals surface area contributed by atoms with Crippen LogP contribution in [0.2, 0.25) is 0 Å². The summed E-state index contributed by atoms with van der Waals surface area (Å²) in [6, 6.07) is 30.0. The van der Waals surface area contributed by atoms with Crippen LogP contribution in [0, 0.1) is 0 Å². The molecule has 0 bridgehead atoms. The molecule has 338 valence electrons. The quantitative estimate of drug-likeness (QED) is 0.0482. The first-order valence-electron chi connectivity index (χ1n) is 21.7. The van der Waals surface area contributed by atoms with E-state index in [0.29, 0.717) is 43.5 Å². The smallest absolute Gasteiger partial charge is 0.234 e. The minimum absolute atomic E-state index is 0.135. The van der Waals surface area contributed by atoms with Crippen LogP contribution < -0.4 is 16.8 Å². The van der Waals surface area contributed by atoms with Crippen molar-refractivity contribution < 1.29 is 54.4 Å². The second-order valence-electron chi connectivity index (χ2n) is 16.3. The Morgan fingerprint density at radius 3 is 1.65 bits per heavy atom. The molecule has 6 rings (SSSR count). The summed E-state index contributed by atoms with van der Waals surface area (Å²) in [5.41, 5.74) is 15.3. The second kappa shape index (κ2) is 23.7. The molecule has 2 aliphatic rings. The van der Waals surface area contributed by atoms with Crippen molar-refractivity contribution in [2.75, 3.05) is 45.9 Å². The van der Waals surface area contributed by atoms with Crippen LogP contribution in [0.4, 0.5) is 0 Å². The molecule has 0 aromatic heterocycles. The molecular weight excluding hydrogens is 797 g/mol. The largest absolute Gasteiger partial charge is 0.389 e. The summed E-state index contributed by atoms with van der Waals surface area (Å²) in [5, 5.41) is 72.7. The zero-order chi connectivity index (χ0) is 44.0. The van der Waals surface area contributed by atoms with E-state index in [0.717, 1.165) is 30.2 Å². The van der Waals surface area contributed by atoms with Gasteiger partial charge in [-0.25, -0.2) is 0 Å². The maximum absolute atomic E-state index is 12.7. The number of hydrogen-bond donors (Lipinski definition) is 9. The predicted octanol–water partition coefficient (Wildman–Crippen LogP) is 1.58. The molecule has 2 saturated heterocycles. The number of ether oxygens (including phenoxy) is 4. The Hall–Kier alpha value is -3.91. The van der Waals surface area contributed by atoms with Gasteiger partial charge in [-0.05, 0) is 80.1 Å². The van der Waals surface area contributed by atoms with Gasteiger partial charge in [-0.3, -0.25) is 9.69 Å². The Kier molecular flexibility index (Phi) is 18.2. The topological polar surface area (TPSA) is 243 Å². The van der Waals surface area contributed by atoms with Gasteiger partial charge in [0.25, 0.3) is 0 Å². The molecule has 0 saturated carbocycles. The second-order valence-corrected chi connectivity index (χ2v) is 16.3. The molecule has 0 radical (unpaired) electrons. The average molecular weight is 861 g/mol. The molecule has 1 amide bonds. The maximum Gasteiger partial charge on any atom is 0.234 e. The molecular formula is C47H64N4O11. The van der Waals surface area contributed by atoms with Gasteiger partial charge in [-0.2, -0.15) is 0 Å². The minimum atomic E-state index is -1.56. The molecule has 2 fully saturated rings. The number of carbonyl (C=O) groups excluding carboxylic acids is 1. The lowest BCUT2D eigenvalue weighted by atomic mass is 9.93. The molecule has 2 heterocycles. The third-order valence-corrected chi connectivity index (χ3v) is 11.7. The Balaban J connectivity index is 1.10. The number of unbranched alkanes of at least 4 members (excludes halogenated alkanes) is 1. The summed E-state index contributed by atoms with van der Waals surface area (Å²) in [6.45, 7) is 0.553. The molecule has 15 heteroatoms. The van der Waals surface area contributed by atoms with E-state index in [1.165, 1.54) is 10.9 Å². The molecule has 0 spiro atoms. The van der Waals surface area contributed by atoms with Crippen molar-refractivity contribution in [3.63, 3.8) is 0 Å². The van der Waals surface area contributed by atoms with E-state index in [2.05, 4.69) is 29.6 Å². The summed E-state index contributed by atoms with van der Waals surface area (Å²) in [5.74, 6) is -0.491. The molecule has 11 atom stereocenters. The predicted molar refractivity (Wildman–Crippen MR) is 232 cm³/mol. The Morgan fingerprint density at radius 2 is 1.16 bits per heavy atom. The van der Waals surface area contributed by atoms with E-state index in [1.807, 2.05) is 48.5 Å². The highest BCUT2D eigenvalue weighted by Crippen LogP contribution is 2.31. The van der Waals surface area contributed by atoms with Gasteiger partial charge >= 0.3 is 0 Å². The van der Waals surface area contributed by atoms with Gasteiger partial charge in [0.1, 0.15) is 36.6 Å². The summed E-state index contributed by atoms with van der Waals surface area (Å²) < 4.78 is 23.2. The van der Waals surface area contributed by atoms with Crippen molar-refractivity contribution in [1.82, 2.24) is 10.2 Å². The van der Waals surface area contributed by atoms with E-state index < -0.39 is 73.4 Å². The number of hydrogen-bond acceptors (Lipinski definition) is 14. The fourth-order valence-electron chi connectivity index (χ4n) is 8.28. The van der Waals surface area contributed by atoms with Crippen molar-refractivity contribution in [2.45, 2.75) is 106 Å². The molecule has 2 unspecified atom stereocenters. The number of aliphatic hydroxyl groups is 6. The first kappa shape index (κ1) is 47.6.